The average Bonchev–Trinajstić information content (AvgIpc) is 3.47. The van der Waals surface area contributed by atoms with Gasteiger partial charge in [0.15, 0.2) is 0 Å². The molecule has 2 heterocycles. The van der Waals surface area contributed by atoms with Crippen LogP contribution in [0.25, 0.3) is 0 Å². The van der Waals surface area contributed by atoms with E-state index in [0.717, 1.165) is 37.9 Å². The second-order valence-electron chi connectivity index (χ2n) is 8.89. The molecule has 0 radical (unpaired) electrons. The molecule has 2 aliphatic heterocycles. The Morgan fingerprint density at radius 3 is 2.47 bits per heavy atom. The Morgan fingerprint density at radius 1 is 0.938 bits per heavy atom. The standard InChI is InChI=1S/C25H28N4O3/c30-22(26-14-17-12-13-28(16-17)18-6-2-1-3-7-18)15-27-24(31)23-20-8-4-5-9-21(20)25(32)29(23)19-10-11-19/h1-9,17,19,23H,10-16H2,(H,26,30)(H,27,31)/t17-,23-/m1/s1. The molecule has 0 aromatic heterocycles. The molecular weight excluding hydrogens is 404 g/mol. The number of anilines is 1. The Kier molecular flexibility index (Phi) is 5.55. The van der Waals surface area contributed by atoms with Crippen molar-refractivity contribution >= 4 is 23.4 Å². The first-order valence-electron chi connectivity index (χ1n) is 11.4. The summed E-state index contributed by atoms with van der Waals surface area (Å²) < 4.78 is 0. The topological polar surface area (TPSA) is 81.8 Å². The van der Waals surface area contributed by atoms with Crippen LogP contribution in [0, 0.1) is 5.92 Å². The molecule has 166 valence electrons. The van der Waals surface area contributed by atoms with Crippen LogP contribution in [-0.4, -0.2) is 54.8 Å². The molecule has 5 rings (SSSR count). The summed E-state index contributed by atoms with van der Waals surface area (Å²) in [7, 11) is 0. The van der Waals surface area contributed by atoms with E-state index >= 15 is 0 Å². The number of rotatable bonds is 7. The predicted octanol–water partition coefficient (Wildman–Crippen LogP) is 2.10. The fraction of sp³-hybridized carbons (Fsp3) is 0.400. The van der Waals surface area contributed by atoms with E-state index in [1.807, 2.05) is 36.4 Å². The molecule has 3 aliphatic rings. The van der Waals surface area contributed by atoms with Crippen LogP contribution >= 0.6 is 0 Å². The maximum absolute atomic E-state index is 13.0. The van der Waals surface area contributed by atoms with Crippen LogP contribution in [0.3, 0.4) is 0 Å². The summed E-state index contributed by atoms with van der Waals surface area (Å²) in [6.07, 6.45) is 2.87. The van der Waals surface area contributed by atoms with E-state index in [9.17, 15) is 14.4 Å². The summed E-state index contributed by atoms with van der Waals surface area (Å²) in [4.78, 5) is 42.2. The van der Waals surface area contributed by atoms with Gasteiger partial charge in [-0.05, 0) is 48.9 Å². The van der Waals surface area contributed by atoms with Crippen molar-refractivity contribution in [1.82, 2.24) is 15.5 Å². The molecule has 0 unspecified atom stereocenters. The molecular formula is C25H28N4O3. The average molecular weight is 433 g/mol. The lowest BCUT2D eigenvalue weighted by atomic mass is 10.0. The van der Waals surface area contributed by atoms with Gasteiger partial charge in [-0.1, -0.05) is 36.4 Å². The fourth-order valence-corrected chi connectivity index (χ4v) is 4.79. The van der Waals surface area contributed by atoms with Gasteiger partial charge in [-0.15, -0.1) is 0 Å². The minimum Gasteiger partial charge on any atom is -0.371 e. The Balaban J connectivity index is 1.12. The Labute approximate surface area is 187 Å². The maximum Gasteiger partial charge on any atom is 0.255 e. The molecule has 7 nitrogen and oxygen atoms in total. The number of hydrogen-bond donors (Lipinski definition) is 2. The Bertz CT molecular complexity index is 1020. The monoisotopic (exact) mass is 432 g/mol. The Hall–Kier alpha value is -3.35. The van der Waals surface area contributed by atoms with Crippen LogP contribution < -0.4 is 15.5 Å². The molecule has 2 fully saturated rings. The van der Waals surface area contributed by atoms with Gasteiger partial charge in [0, 0.05) is 36.9 Å². The molecule has 1 aliphatic carbocycles. The van der Waals surface area contributed by atoms with E-state index in [0.29, 0.717) is 18.0 Å². The van der Waals surface area contributed by atoms with Gasteiger partial charge in [0.05, 0.1) is 6.54 Å². The third-order valence-corrected chi connectivity index (χ3v) is 6.61. The highest BCUT2D eigenvalue weighted by atomic mass is 16.2. The van der Waals surface area contributed by atoms with Crippen molar-refractivity contribution in [2.24, 2.45) is 5.92 Å². The molecule has 3 amide bonds. The van der Waals surface area contributed by atoms with E-state index in [1.54, 1.807) is 11.0 Å². The van der Waals surface area contributed by atoms with Gasteiger partial charge in [-0.2, -0.15) is 0 Å². The highest BCUT2D eigenvalue weighted by Crippen LogP contribution is 2.41. The summed E-state index contributed by atoms with van der Waals surface area (Å²) in [5, 5.41) is 5.71. The lowest BCUT2D eigenvalue weighted by Crippen LogP contribution is -2.44. The SMILES string of the molecule is O=C(CNC(=O)[C@H]1c2ccccc2C(=O)N1C1CC1)NC[C@H]1CCN(c2ccccc2)C1. The summed E-state index contributed by atoms with van der Waals surface area (Å²) in [5.74, 6) is -0.190. The van der Waals surface area contributed by atoms with Crippen LogP contribution in [0.4, 0.5) is 5.69 Å². The van der Waals surface area contributed by atoms with Crippen molar-refractivity contribution in [3.63, 3.8) is 0 Å². The first kappa shape index (κ1) is 20.5. The van der Waals surface area contributed by atoms with Gasteiger partial charge < -0.3 is 20.4 Å². The number of fused-ring (bicyclic) bond motifs is 1. The van der Waals surface area contributed by atoms with Gasteiger partial charge in [-0.25, -0.2) is 0 Å². The molecule has 2 aromatic carbocycles. The zero-order valence-electron chi connectivity index (χ0n) is 18.0. The van der Waals surface area contributed by atoms with Crippen LogP contribution in [0.2, 0.25) is 0 Å². The van der Waals surface area contributed by atoms with Gasteiger partial charge in [-0.3, -0.25) is 14.4 Å². The van der Waals surface area contributed by atoms with Crippen molar-refractivity contribution < 1.29 is 14.4 Å². The highest BCUT2D eigenvalue weighted by molar-refractivity contribution is 6.05. The zero-order valence-corrected chi connectivity index (χ0v) is 18.0. The molecule has 2 atom stereocenters. The third-order valence-electron chi connectivity index (χ3n) is 6.61. The summed E-state index contributed by atoms with van der Waals surface area (Å²) in [5.41, 5.74) is 2.53. The van der Waals surface area contributed by atoms with Gasteiger partial charge in [0.1, 0.15) is 6.04 Å². The number of amides is 3. The number of benzene rings is 2. The zero-order chi connectivity index (χ0) is 22.1. The van der Waals surface area contributed by atoms with Crippen LogP contribution in [-0.2, 0) is 9.59 Å². The highest BCUT2D eigenvalue weighted by Gasteiger charge is 2.47. The van der Waals surface area contributed by atoms with E-state index in [4.69, 9.17) is 0 Å². The molecule has 1 saturated carbocycles. The number of nitrogens with zero attached hydrogens (tertiary/aromatic N) is 2. The number of nitrogens with one attached hydrogen (secondary N) is 2. The van der Waals surface area contributed by atoms with Crippen LogP contribution in [0.5, 0.6) is 0 Å². The molecule has 0 bridgehead atoms. The largest absolute Gasteiger partial charge is 0.371 e. The summed E-state index contributed by atoms with van der Waals surface area (Å²) in [6.45, 7) is 2.40. The van der Waals surface area contributed by atoms with E-state index in [1.165, 1.54) is 5.69 Å². The van der Waals surface area contributed by atoms with E-state index < -0.39 is 6.04 Å². The molecule has 0 spiro atoms. The number of hydrogen-bond acceptors (Lipinski definition) is 4. The van der Waals surface area contributed by atoms with Crippen molar-refractivity contribution in [2.45, 2.75) is 31.3 Å². The maximum atomic E-state index is 13.0. The molecule has 1 saturated heterocycles. The van der Waals surface area contributed by atoms with Gasteiger partial charge >= 0.3 is 0 Å². The summed E-state index contributed by atoms with van der Waals surface area (Å²) >= 11 is 0. The molecule has 7 heteroatoms. The lowest BCUT2D eigenvalue weighted by Gasteiger charge is -2.24. The quantitative estimate of drug-likeness (QED) is 0.702. The fourth-order valence-electron chi connectivity index (χ4n) is 4.79. The normalized spacial score (nSPS) is 22.1. The first-order chi connectivity index (χ1) is 15.6. The molecule has 2 N–H and O–H groups in total. The van der Waals surface area contributed by atoms with Crippen molar-refractivity contribution in [3.05, 3.63) is 65.7 Å². The smallest absolute Gasteiger partial charge is 0.255 e. The number of carbonyl (C=O) groups excluding carboxylic acids is 3. The van der Waals surface area contributed by atoms with Crippen LogP contribution in [0.1, 0.15) is 41.2 Å². The predicted molar refractivity (Wildman–Crippen MR) is 121 cm³/mol. The number of para-hydroxylation sites is 1. The first-order valence-corrected chi connectivity index (χ1v) is 11.4. The van der Waals surface area contributed by atoms with Crippen molar-refractivity contribution in [3.8, 4) is 0 Å². The van der Waals surface area contributed by atoms with Crippen molar-refractivity contribution in [2.75, 3.05) is 31.1 Å². The minimum absolute atomic E-state index is 0.0840. The molecule has 32 heavy (non-hydrogen) atoms. The van der Waals surface area contributed by atoms with Gasteiger partial charge in [0.2, 0.25) is 11.8 Å². The number of carbonyl (C=O) groups is 3. The Morgan fingerprint density at radius 2 is 1.69 bits per heavy atom. The van der Waals surface area contributed by atoms with Crippen molar-refractivity contribution in [1.29, 1.82) is 0 Å². The lowest BCUT2D eigenvalue weighted by molar-refractivity contribution is -0.129. The molecule has 2 aromatic rings. The minimum atomic E-state index is -0.645. The summed E-state index contributed by atoms with van der Waals surface area (Å²) in [6, 6.07) is 17.0. The van der Waals surface area contributed by atoms with Gasteiger partial charge in [0.25, 0.3) is 5.91 Å². The third kappa shape index (κ3) is 4.07. The van der Waals surface area contributed by atoms with E-state index in [-0.39, 0.29) is 30.3 Å². The second kappa shape index (κ2) is 8.65. The van der Waals surface area contributed by atoms with Crippen LogP contribution in [0.15, 0.2) is 54.6 Å². The second-order valence-corrected chi connectivity index (χ2v) is 8.89. The van der Waals surface area contributed by atoms with E-state index in [2.05, 4.69) is 27.7 Å².